The van der Waals surface area contributed by atoms with E-state index < -0.39 is 0 Å². The van der Waals surface area contributed by atoms with Gasteiger partial charge in [-0.05, 0) is 18.6 Å². The molecule has 2 nitrogen and oxygen atoms in total. The Kier molecular flexibility index (Phi) is 2.30. The number of nitrogens with zero attached hydrogens (tertiary/aromatic N) is 1. The summed E-state index contributed by atoms with van der Waals surface area (Å²) in [6.07, 6.45) is 1.05. The van der Waals surface area contributed by atoms with Crippen LogP contribution in [0.3, 0.4) is 0 Å². The standard InChI is InChI=1S/C11H13NO/c1-2-10-8-13-11(12-10)9-6-4-3-5-7-9/h3-7,10H,2,8H2,1H3. The fourth-order valence-electron chi connectivity index (χ4n) is 1.36. The number of rotatable bonds is 2. The van der Waals surface area contributed by atoms with Crippen molar-refractivity contribution in [1.29, 1.82) is 0 Å². The summed E-state index contributed by atoms with van der Waals surface area (Å²) in [7, 11) is 0. The van der Waals surface area contributed by atoms with Gasteiger partial charge < -0.3 is 4.74 Å². The van der Waals surface area contributed by atoms with Crippen LogP contribution in [0.5, 0.6) is 0 Å². The van der Waals surface area contributed by atoms with Gasteiger partial charge in [-0.25, -0.2) is 4.99 Å². The van der Waals surface area contributed by atoms with E-state index >= 15 is 0 Å². The Labute approximate surface area is 78.3 Å². The van der Waals surface area contributed by atoms with Gasteiger partial charge in [0.2, 0.25) is 5.90 Å². The first kappa shape index (κ1) is 8.30. The molecule has 2 heteroatoms. The fourth-order valence-corrected chi connectivity index (χ4v) is 1.36. The van der Waals surface area contributed by atoms with Crippen molar-refractivity contribution in [3.05, 3.63) is 35.9 Å². The molecule has 1 heterocycles. The molecule has 0 N–H and O–H groups in total. The highest BCUT2D eigenvalue weighted by molar-refractivity contribution is 5.95. The van der Waals surface area contributed by atoms with E-state index in [-0.39, 0.29) is 0 Å². The van der Waals surface area contributed by atoms with Gasteiger partial charge in [-0.15, -0.1) is 0 Å². The molecule has 0 saturated carbocycles. The zero-order chi connectivity index (χ0) is 9.10. The van der Waals surface area contributed by atoms with Crippen LogP contribution in [-0.2, 0) is 4.74 Å². The molecule has 0 amide bonds. The van der Waals surface area contributed by atoms with Gasteiger partial charge in [-0.2, -0.15) is 0 Å². The number of ether oxygens (including phenoxy) is 1. The summed E-state index contributed by atoms with van der Waals surface area (Å²) in [5.74, 6) is 0.799. The smallest absolute Gasteiger partial charge is 0.216 e. The summed E-state index contributed by atoms with van der Waals surface area (Å²) in [4.78, 5) is 4.47. The molecule has 0 fully saturated rings. The average molecular weight is 175 g/mol. The van der Waals surface area contributed by atoms with Crippen molar-refractivity contribution in [1.82, 2.24) is 0 Å². The Bertz CT molecular complexity index is 305. The first-order valence-corrected chi connectivity index (χ1v) is 4.66. The number of hydrogen-bond acceptors (Lipinski definition) is 2. The normalized spacial score (nSPS) is 21.0. The molecule has 1 aliphatic heterocycles. The molecule has 1 unspecified atom stereocenters. The van der Waals surface area contributed by atoms with E-state index in [1.807, 2.05) is 30.3 Å². The third-order valence-corrected chi connectivity index (χ3v) is 2.20. The van der Waals surface area contributed by atoms with Gasteiger partial charge >= 0.3 is 0 Å². The Balaban J connectivity index is 2.19. The molecule has 1 atom stereocenters. The van der Waals surface area contributed by atoms with Crippen molar-refractivity contribution in [2.24, 2.45) is 4.99 Å². The molecule has 2 rings (SSSR count). The van der Waals surface area contributed by atoms with Gasteiger partial charge in [0.05, 0.1) is 6.04 Å². The first-order valence-electron chi connectivity index (χ1n) is 4.66. The highest BCUT2D eigenvalue weighted by Crippen LogP contribution is 2.13. The molecule has 1 aromatic rings. The largest absolute Gasteiger partial charge is 0.475 e. The van der Waals surface area contributed by atoms with Crippen LogP contribution >= 0.6 is 0 Å². The van der Waals surface area contributed by atoms with E-state index in [1.165, 1.54) is 0 Å². The quantitative estimate of drug-likeness (QED) is 0.675. The van der Waals surface area contributed by atoms with Crippen LogP contribution in [0, 0.1) is 0 Å². The second-order valence-electron chi connectivity index (χ2n) is 3.17. The minimum atomic E-state index is 0.357. The zero-order valence-corrected chi connectivity index (χ0v) is 7.73. The SMILES string of the molecule is CCC1COC(c2ccccc2)=N1. The Morgan fingerprint density at radius 1 is 1.38 bits per heavy atom. The Morgan fingerprint density at radius 2 is 2.15 bits per heavy atom. The fraction of sp³-hybridized carbons (Fsp3) is 0.364. The second kappa shape index (κ2) is 3.60. The summed E-state index contributed by atoms with van der Waals surface area (Å²) in [6.45, 7) is 2.87. The third-order valence-electron chi connectivity index (χ3n) is 2.20. The van der Waals surface area contributed by atoms with E-state index in [9.17, 15) is 0 Å². The number of hydrogen-bond donors (Lipinski definition) is 0. The van der Waals surface area contributed by atoms with Crippen LogP contribution in [0.25, 0.3) is 0 Å². The van der Waals surface area contributed by atoms with E-state index in [1.54, 1.807) is 0 Å². The zero-order valence-electron chi connectivity index (χ0n) is 7.73. The maximum Gasteiger partial charge on any atom is 0.216 e. The van der Waals surface area contributed by atoms with Crippen LogP contribution in [0.1, 0.15) is 18.9 Å². The van der Waals surface area contributed by atoms with E-state index in [4.69, 9.17) is 4.74 Å². The molecular formula is C11H13NO. The molecule has 0 aromatic heterocycles. The monoisotopic (exact) mass is 175 g/mol. The molecular weight excluding hydrogens is 162 g/mol. The molecule has 0 bridgehead atoms. The highest BCUT2D eigenvalue weighted by atomic mass is 16.5. The van der Waals surface area contributed by atoms with Crippen LogP contribution < -0.4 is 0 Å². The molecule has 0 radical (unpaired) electrons. The topological polar surface area (TPSA) is 21.6 Å². The van der Waals surface area contributed by atoms with Gasteiger partial charge in [-0.1, -0.05) is 25.1 Å². The van der Waals surface area contributed by atoms with Crippen molar-refractivity contribution in [3.8, 4) is 0 Å². The van der Waals surface area contributed by atoms with E-state index in [0.717, 1.165) is 24.5 Å². The second-order valence-corrected chi connectivity index (χ2v) is 3.17. The van der Waals surface area contributed by atoms with Crippen LogP contribution in [0.15, 0.2) is 35.3 Å². The summed E-state index contributed by atoms with van der Waals surface area (Å²) in [5, 5.41) is 0. The summed E-state index contributed by atoms with van der Waals surface area (Å²) >= 11 is 0. The van der Waals surface area contributed by atoms with Gasteiger partial charge in [0.25, 0.3) is 0 Å². The lowest BCUT2D eigenvalue weighted by Crippen LogP contribution is -2.03. The van der Waals surface area contributed by atoms with Gasteiger partial charge in [-0.3, -0.25) is 0 Å². The molecule has 0 saturated heterocycles. The molecule has 1 aromatic carbocycles. The molecule has 0 spiro atoms. The molecule has 1 aliphatic rings. The average Bonchev–Trinajstić information content (AvgIpc) is 2.67. The van der Waals surface area contributed by atoms with Gasteiger partial charge in [0.15, 0.2) is 0 Å². The van der Waals surface area contributed by atoms with Gasteiger partial charge in [0.1, 0.15) is 6.61 Å². The predicted octanol–water partition coefficient (Wildman–Crippen LogP) is 2.24. The number of aliphatic imine (C=N–C) groups is 1. The highest BCUT2D eigenvalue weighted by Gasteiger charge is 2.17. The van der Waals surface area contributed by atoms with E-state index in [0.29, 0.717) is 6.04 Å². The van der Waals surface area contributed by atoms with Crippen molar-refractivity contribution in [2.75, 3.05) is 6.61 Å². The lowest BCUT2D eigenvalue weighted by atomic mass is 10.2. The van der Waals surface area contributed by atoms with Crippen LogP contribution in [-0.4, -0.2) is 18.5 Å². The maximum atomic E-state index is 5.49. The third kappa shape index (κ3) is 1.72. The van der Waals surface area contributed by atoms with Crippen molar-refractivity contribution >= 4 is 5.90 Å². The molecule has 13 heavy (non-hydrogen) atoms. The summed E-state index contributed by atoms with van der Waals surface area (Å²) < 4.78 is 5.49. The van der Waals surface area contributed by atoms with Crippen molar-refractivity contribution in [3.63, 3.8) is 0 Å². The van der Waals surface area contributed by atoms with Gasteiger partial charge in [0, 0.05) is 5.56 Å². The maximum absolute atomic E-state index is 5.49. The van der Waals surface area contributed by atoms with Crippen LogP contribution in [0.4, 0.5) is 0 Å². The Hall–Kier alpha value is -1.31. The molecule has 68 valence electrons. The van der Waals surface area contributed by atoms with E-state index in [2.05, 4.69) is 11.9 Å². The predicted molar refractivity (Wildman–Crippen MR) is 53.0 cm³/mol. The Morgan fingerprint density at radius 3 is 2.77 bits per heavy atom. The van der Waals surface area contributed by atoms with Crippen molar-refractivity contribution < 1.29 is 4.74 Å². The van der Waals surface area contributed by atoms with Crippen molar-refractivity contribution in [2.45, 2.75) is 19.4 Å². The lowest BCUT2D eigenvalue weighted by molar-refractivity contribution is 0.315. The first-order chi connectivity index (χ1) is 6.40. The minimum Gasteiger partial charge on any atom is -0.475 e. The summed E-state index contributed by atoms with van der Waals surface area (Å²) in [6, 6.07) is 10.4. The molecule has 0 aliphatic carbocycles. The minimum absolute atomic E-state index is 0.357. The number of benzene rings is 1. The van der Waals surface area contributed by atoms with Crippen LogP contribution in [0.2, 0.25) is 0 Å². The lowest BCUT2D eigenvalue weighted by Gasteiger charge is -1.99. The summed E-state index contributed by atoms with van der Waals surface area (Å²) in [5.41, 5.74) is 1.08.